The molecule has 1 aromatic rings. The predicted octanol–water partition coefficient (Wildman–Crippen LogP) is 3.68. The summed E-state index contributed by atoms with van der Waals surface area (Å²) in [5, 5.41) is 0. The highest BCUT2D eigenvalue weighted by molar-refractivity contribution is 6.11. The van der Waals surface area contributed by atoms with Gasteiger partial charge in [0.25, 0.3) is 0 Å². The summed E-state index contributed by atoms with van der Waals surface area (Å²) in [6.45, 7) is 13.6. The monoisotopic (exact) mass is 368 g/mol. The van der Waals surface area contributed by atoms with Crippen LogP contribution in [0, 0.1) is 29.1 Å². The second-order valence-corrected chi connectivity index (χ2v) is 9.74. The van der Waals surface area contributed by atoms with E-state index < -0.39 is 5.41 Å². The molecular weight excluding hydrogens is 336 g/mol. The van der Waals surface area contributed by atoms with Gasteiger partial charge in [0.15, 0.2) is 5.78 Å². The van der Waals surface area contributed by atoms with Gasteiger partial charge >= 0.3 is 0 Å². The number of ketones is 1. The highest BCUT2D eigenvalue weighted by Gasteiger charge is 2.73. The summed E-state index contributed by atoms with van der Waals surface area (Å²) < 4.78 is 0. The molecule has 1 amide bonds. The topological polar surface area (TPSA) is 40.6 Å². The number of carbonyl (C=O) groups excluding carboxylic acids is 2. The average Bonchev–Trinajstić information content (AvgIpc) is 2.95. The van der Waals surface area contributed by atoms with Crippen molar-refractivity contribution in [1.29, 1.82) is 0 Å². The normalized spacial score (nSPS) is 35.0. The third-order valence-electron chi connectivity index (χ3n) is 8.36. The molecule has 3 fully saturated rings. The minimum atomic E-state index is -0.846. The Labute approximate surface area is 162 Å². The molecule has 0 spiro atoms. The van der Waals surface area contributed by atoms with Crippen LogP contribution in [0.4, 0.5) is 5.69 Å². The number of piperazine rings is 1. The Balaban J connectivity index is 1.52. The number of nitrogens with zero attached hydrogens (tertiary/aromatic N) is 2. The van der Waals surface area contributed by atoms with Crippen LogP contribution in [-0.4, -0.2) is 42.8 Å². The van der Waals surface area contributed by atoms with Gasteiger partial charge in [-0.2, -0.15) is 0 Å². The van der Waals surface area contributed by atoms with E-state index in [1.165, 1.54) is 11.3 Å². The van der Waals surface area contributed by atoms with Crippen molar-refractivity contribution < 1.29 is 9.59 Å². The Bertz CT molecular complexity index is 793. The molecule has 3 unspecified atom stereocenters. The van der Waals surface area contributed by atoms with Crippen molar-refractivity contribution in [2.75, 3.05) is 31.1 Å². The lowest BCUT2D eigenvalue weighted by Crippen LogP contribution is -2.56. The zero-order chi connectivity index (χ0) is 19.6. The van der Waals surface area contributed by atoms with E-state index in [2.05, 4.69) is 56.9 Å². The van der Waals surface area contributed by atoms with Gasteiger partial charge in [0.1, 0.15) is 5.41 Å². The summed E-state index contributed by atoms with van der Waals surface area (Å²) in [5.41, 5.74) is 1.21. The van der Waals surface area contributed by atoms with Crippen LogP contribution in [0.1, 0.15) is 46.1 Å². The Morgan fingerprint density at radius 3 is 2.22 bits per heavy atom. The highest BCUT2D eigenvalue weighted by Crippen LogP contribution is 2.70. The van der Waals surface area contributed by atoms with Crippen molar-refractivity contribution in [1.82, 2.24) is 4.90 Å². The zero-order valence-corrected chi connectivity index (χ0v) is 17.3. The Kier molecular flexibility index (Phi) is 4.00. The van der Waals surface area contributed by atoms with E-state index in [9.17, 15) is 9.59 Å². The second-order valence-electron chi connectivity index (χ2n) is 9.74. The lowest BCUT2D eigenvalue weighted by molar-refractivity contribution is -0.153. The van der Waals surface area contributed by atoms with Crippen LogP contribution in [0.2, 0.25) is 0 Å². The summed E-state index contributed by atoms with van der Waals surface area (Å²) in [4.78, 5) is 31.2. The third-order valence-corrected chi connectivity index (χ3v) is 8.36. The van der Waals surface area contributed by atoms with Gasteiger partial charge in [-0.1, -0.05) is 39.0 Å². The molecule has 1 heterocycles. The van der Waals surface area contributed by atoms with E-state index in [1.807, 2.05) is 11.8 Å². The summed E-state index contributed by atoms with van der Waals surface area (Å²) in [5.74, 6) is 0.408. The first-order chi connectivity index (χ1) is 12.6. The van der Waals surface area contributed by atoms with Gasteiger partial charge in [0.05, 0.1) is 0 Å². The van der Waals surface area contributed by atoms with Gasteiger partial charge in [-0.3, -0.25) is 9.59 Å². The maximum Gasteiger partial charge on any atom is 0.236 e. The smallest absolute Gasteiger partial charge is 0.236 e. The first kappa shape index (κ1) is 18.5. The number of amides is 1. The summed E-state index contributed by atoms with van der Waals surface area (Å²) in [6, 6.07) is 8.40. The SMILES string of the molecule is Cc1ccccc1N1CCN(C(=O)C2(C)C(=O)C3(C)CCC2C3(C)C)CC1. The molecule has 3 atom stereocenters. The first-order valence-corrected chi connectivity index (χ1v) is 10.3. The maximum absolute atomic E-state index is 13.5. The molecular formula is C23H32N2O2. The molecule has 146 valence electrons. The van der Waals surface area contributed by atoms with Crippen LogP contribution in [-0.2, 0) is 9.59 Å². The van der Waals surface area contributed by atoms with E-state index in [4.69, 9.17) is 0 Å². The van der Waals surface area contributed by atoms with Crippen LogP contribution < -0.4 is 4.90 Å². The Morgan fingerprint density at radius 1 is 1.04 bits per heavy atom. The number of benzene rings is 1. The molecule has 1 aliphatic heterocycles. The van der Waals surface area contributed by atoms with Crippen LogP contribution in [0.5, 0.6) is 0 Å². The minimum Gasteiger partial charge on any atom is -0.368 e. The van der Waals surface area contributed by atoms with Crippen LogP contribution in [0.25, 0.3) is 0 Å². The highest BCUT2D eigenvalue weighted by atomic mass is 16.2. The standard InChI is InChI=1S/C23H32N2O2/c1-16-8-6-7-9-17(16)24-12-14-25(15-13-24)20(27)23(5)18-10-11-22(4,19(23)26)21(18,2)3/h6-9,18H,10-15H2,1-5H3. The molecule has 4 nitrogen and oxygen atoms in total. The maximum atomic E-state index is 13.5. The number of hydrogen-bond donors (Lipinski definition) is 0. The number of rotatable bonds is 2. The van der Waals surface area contributed by atoms with Crippen molar-refractivity contribution in [3.63, 3.8) is 0 Å². The summed E-state index contributed by atoms with van der Waals surface area (Å²) in [6.07, 6.45) is 1.91. The molecule has 0 radical (unpaired) electrons. The number of carbonyl (C=O) groups is 2. The predicted molar refractivity (Wildman–Crippen MR) is 108 cm³/mol. The van der Waals surface area contributed by atoms with Crippen molar-refractivity contribution in [3.8, 4) is 0 Å². The molecule has 2 aliphatic carbocycles. The number of para-hydroxylation sites is 1. The van der Waals surface area contributed by atoms with Crippen molar-refractivity contribution in [2.24, 2.45) is 22.2 Å². The molecule has 27 heavy (non-hydrogen) atoms. The lowest BCUT2D eigenvalue weighted by atomic mass is 9.69. The molecule has 4 heteroatoms. The zero-order valence-electron chi connectivity index (χ0n) is 17.3. The summed E-state index contributed by atoms with van der Waals surface area (Å²) >= 11 is 0. The van der Waals surface area contributed by atoms with Gasteiger partial charge in [0.2, 0.25) is 5.91 Å². The Hall–Kier alpha value is -1.84. The van der Waals surface area contributed by atoms with E-state index in [0.29, 0.717) is 13.1 Å². The van der Waals surface area contributed by atoms with Gasteiger partial charge in [-0.25, -0.2) is 0 Å². The number of anilines is 1. The lowest BCUT2D eigenvalue weighted by Gasteiger charge is -2.42. The molecule has 4 rings (SSSR count). The quantitative estimate of drug-likeness (QED) is 0.748. The number of hydrogen-bond acceptors (Lipinski definition) is 3. The molecule has 3 aliphatic rings. The molecule has 0 aromatic heterocycles. The fourth-order valence-corrected chi connectivity index (χ4v) is 6.29. The average molecular weight is 369 g/mol. The number of aryl methyl sites for hydroxylation is 1. The molecule has 1 aromatic carbocycles. The molecule has 2 saturated carbocycles. The van der Waals surface area contributed by atoms with Crippen LogP contribution >= 0.6 is 0 Å². The summed E-state index contributed by atoms with van der Waals surface area (Å²) in [7, 11) is 0. The van der Waals surface area contributed by atoms with Gasteiger partial charge in [0, 0.05) is 37.3 Å². The van der Waals surface area contributed by atoms with Crippen molar-refractivity contribution in [2.45, 2.75) is 47.5 Å². The van der Waals surface area contributed by atoms with Gasteiger partial charge < -0.3 is 9.80 Å². The fraction of sp³-hybridized carbons (Fsp3) is 0.652. The number of fused-ring (bicyclic) bond motifs is 2. The minimum absolute atomic E-state index is 0.0680. The largest absolute Gasteiger partial charge is 0.368 e. The van der Waals surface area contributed by atoms with E-state index >= 15 is 0 Å². The molecule has 2 bridgehead atoms. The van der Waals surface area contributed by atoms with Crippen molar-refractivity contribution >= 4 is 17.4 Å². The second kappa shape index (κ2) is 5.83. The molecule has 1 saturated heterocycles. The third kappa shape index (κ3) is 2.28. The molecule has 0 N–H and O–H groups in total. The van der Waals surface area contributed by atoms with Crippen LogP contribution in [0.3, 0.4) is 0 Å². The van der Waals surface area contributed by atoms with E-state index in [0.717, 1.165) is 25.9 Å². The van der Waals surface area contributed by atoms with E-state index in [1.54, 1.807) is 0 Å². The van der Waals surface area contributed by atoms with Gasteiger partial charge in [-0.15, -0.1) is 0 Å². The van der Waals surface area contributed by atoms with Gasteiger partial charge in [-0.05, 0) is 49.7 Å². The first-order valence-electron chi connectivity index (χ1n) is 10.3. The fourth-order valence-electron chi connectivity index (χ4n) is 6.29. The van der Waals surface area contributed by atoms with Crippen LogP contribution in [0.15, 0.2) is 24.3 Å². The number of Topliss-reactive ketones (excluding diaryl/α,β-unsaturated/α-hetero) is 1. The van der Waals surface area contributed by atoms with Crippen molar-refractivity contribution in [3.05, 3.63) is 29.8 Å². The Morgan fingerprint density at radius 2 is 1.67 bits per heavy atom. The van der Waals surface area contributed by atoms with E-state index in [-0.39, 0.29) is 28.4 Å².